The lowest BCUT2D eigenvalue weighted by molar-refractivity contribution is 0.621. The molecule has 0 saturated heterocycles. The molecule has 0 amide bonds. The first-order valence-electron chi connectivity index (χ1n) is 5.88. The van der Waals surface area contributed by atoms with Crippen molar-refractivity contribution in [2.24, 2.45) is 0 Å². The zero-order valence-electron chi connectivity index (χ0n) is 9.83. The average Bonchev–Trinajstić information content (AvgIpc) is 3.17. The highest BCUT2D eigenvalue weighted by Crippen LogP contribution is 2.39. The number of halogens is 3. The molecule has 19 heavy (non-hydrogen) atoms. The molecule has 0 radical (unpaired) electrons. The van der Waals surface area contributed by atoms with Gasteiger partial charge in [-0.2, -0.15) is 0 Å². The van der Waals surface area contributed by atoms with Crippen molar-refractivity contribution in [1.82, 2.24) is 9.97 Å². The molecule has 0 unspecified atom stereocenters. The van der Waals surface area contributed by atoms with Crippen LogP contribution in [0.15, 0.2) is 28.7 Å². The lowest BCUT2D eigenvalue weighted by atomic mass is 10.3. The van der Waals surface area contributed by atoms with Crippen LogP contribution in [0.3, 0.4) is 0 Å². The Labute approximate surface area is 123 Å². The Kier molecular flexibility index (Phi) is 3.41. The van der Waals surface area contributed by atoms with Crippen LogP contribution in [0, 0.1) is 5.82 Å². The Hall–Kier alpha value is -1.20. The van der Waals surface area contributed by atoms with Crippen molar-refractivity contribution in [2.45, 2.75) is 18.8 Å². The summed E-state index contributed by atoms with van der Waals surface area (Å²) in [5.74, 6) is 1.53. The molecule has 3 nitrogen and oxygen atoms in total. The molecule has 0 atom stereocenters. The van der Waals surface area contributed by atoms with E-state index in [0.717, 1.165) is 24.4 Å². The van der Waals surface area contributed by atoms with E-state index in [9.17, 15) is 4.39 Å². The van der Waals surface area contributed by atoms with Gasteiger partial charge in [0.25, 0.3) is 0 Å². The van der Waals surface area contributed by atoms with E-state index in [4.69, 9.17) is 11.6 Å². The van der Waals surface area contributed by atoms with Gasteiger partial charge in [-0.1, -0.05) is 11.6 Å². The maximum atomic E-state index is 13.2. The molecule has 1 N–H and O–H groups in total. The molecule has 6 heteroatoms. The third-order valence-electron chi connectivity index (χ3n) is 2.85. The van der Waals surface area contributed by atoms with E-state index in [1.807, 2.05) is 0 Å². The monoisotopic (exact) mass is 341 g/mol. The summed E-state index contributed by atoms with van der Waals surface area (Å²) < 4.78 is 13.6. The van der Waals surface area contributed by atoms with Crippen LogP contribution in [0.2, 0.25) is 5.15 Å². The first kappa shape index (κ1) is 12.8. The smallest absolute Gasteiger partial charge is 0.137 e. The summed E-state index contributed by atoms with van der Waals surface area (Å²) in [4.78, 5) is 8.64. The van der Waals surface area contributed by atoms with Crippen LogP contribution in [0.4, 0.5) is 15.9 Å². The van der Waals surface area contributed by atoms with Gasteiger partial charge in [0.2, 0.25) is 0 Å². The van der Waals surface area contributed by atoms with Gasteiger partial charge in [-0.05, 0) is 47.0 Å². The molecule has 0 spiro atoms. The third-order valence-corrected chi connectivity index (χ3v) is 3.65. The first-order chi connectivity index (χ1) is 9.11. The molecule has 1 aromatic heterocycles. The summed E-state index contributed by atoms with van der Waals surface area (Å²) in [6.07, 6.45) is 2.23. The fraction of sp³-hybridized carbons (Fsp3) is 0.231. The topological polar surface area (TPSA) is 37.8 Å². The molecule has 1 aliphatic carbocycles. The summed E-state index contributed by atoms with van der Waals surface area (Å²) in [6.45, 7) is 0. The van der Waals surface area contributed by atoms with Gasteiger partial charge in [0.1, 0.15) is 22.6 Å². The van der Waals surface area contributed by atoms with E-state index in [1.54, 1.807) is 18.2 Å². The number of nitrogens with one attached hydrogen (secondary N) is 1. The second-order valence-electron chi connectivity index (χ2n) is 4.46. The van der Waals surface area contributed by atoms with Crippen molar-refractivity contribution in [2.75, 3.05) is 5.32 Å². The summed E-state index contributed by atoms with van der Waals surface area (Å²) in [5.41, 5.74) is 0.741. The first-order valence-corrected chi connectivity index (χ1v) is 7.05. The van der Waals surface area contributed by atoms with Crippen molar-refractivity contribution in [3.63, 3.8) is 0 Å². The predicted octanol–water partition coefficient (Wildman–Crippen LogP) is 4.65. The van der Waals surface area contributed by atoms with Gasteiger partial charge in [0.05, 0.1) is 4.47 Å². The van der Waals surface area contributed by atoms with Crippen molar-refractivity contribution in [3.05, 3.63) is 45.5 Å². The lowest BCUT2D eigenvalue weighted by Gasteiger charge is -2.08. The molecule has 98 valence electrons. The molecular formula is C13H10BrClFN3. The van der Waals surface area contributed by atoms with Crippen molar-refractivity contribution < 1.29 is 4.39 Å². The highest BCUT2D eigenvalue weighted by atomic mass is 79.9. The number of hydrogen-bond acceptors (Lipinski definition) is 3. The molecule has 0 aliphatic heterocycles. The zero-order chi connectivity index (χ0) is 13.4. The average molecular weight is 343 g/mol. The van der Waals surface area contributed by atoms with Crippen LogP contribution in [0.1, 0.15) is 24.6 Å². The van der Waals surface area contributed by atoms with Gasteiger partial charge in [-0.3, -0.25) is 0 Å². The fourth-order valence-corrected chi connectivity index (χ4v) is 2.31. The van der Waals surface area contributed by atoms with Crippen LogP contribution in [-0.2, 0) is 0 Å². The maximum Gasteiger partial charge on any atom is 0.137 e. The van der Waals surface area contributed by atoms with Crippen molar-refractivity contribution >= 4 is 39.0 Å². The molecule has 1 saturated carbocycles. The Morgan fingerprint density at radius 3 is 2.74 bits per heavy atom. The predicted molar refractivity (Wildman–Crippen MR) is 76.4 cm³/mol. The lowest BCUT2D eigenvalue weighted by Crippen LogP contribution is -1.99. The normalized spacial score (nSPS) is 14.5. The molecule has 1 heterocycles. The maximum absolute atomic E-state index is 13.2. The fourth-order valence-electron chi connectivity index (χ4n) is 1.75. The van der Waals surface area contributed by atoms with E-state index in [2.05, 4.69) is 31.2 Å². The third kappa shape index (κ3) is 3.04. The largest absolute Gasteiger partial charge is 0.340 e. The van der Waals surface area contributed by atoms with Gasteiger partial charge >= 0.3 is 0 Å². The second-order valence-corrected chi connectivity index (χ2v) is 5.70. The molecule has 0 bridgehead atoms. The minimum absolute atomic E-state index is 0.301. The van der Waals surface area contributed by atoms with Crippen molar-refractivity contribution in [1.29, 1.82) is 0 Å². The summed E-state index contributed by atoms with van der Waals surface area (Å²) in [7, 11) is 0. The Balaban J connectivity index is 1.87. The number of aromatic nitrogens is 2. The van der Waals surface area contributed by atoms with E-state index < -0.39 is 0 Å². The van der Waals surface area contributed by atoms with Crippen LogP contribution >= 0.6 is 27.5 Å². The second kappa shape index (κ2) is 5.06. The standard InChI is InChI=1S/C13H10BrClFN3/c14-9-5-8(3-4-10(9)16)17-12-6-11(15)18-13(19-12)7-1-2-7/h3-7H,1-2H2,(H,17,18,19). The van der Waals surface area contributed by atoms with Gasteiger partial charge in [0.15, 0.2) is 0 Å². The van der Waals surface area contributed by atoms with Crippen LogP contribution in [-0.4, -0.2) is 9.97 Å². The van der Waals surface area contributed by atoms with E-state index in [-0.39, 0.29) is 5.82 Å². The van der Waals surface area contributed by atoms with E-state index >= 15 is 0 Å². The molecule has 2 aromatic rings. The van der Waals surface area contributed by atoms with E-state index in [1.165, 1.54) is 6.07 Å². The molecular weight excluding hydrogens is 333 g/mol. The molecule has 1 aromatic carbocycles. The number of nitrogens with zero attached hydrogens (tertiary/aromatic N) is 2. The highest BCUT2D eigenvalue weighted by molar-refractivity contribution is 9.10. The van der Waals surface area contributed by atoms with Gasteiger partial charge < -0.3 is 5.32 Å². The zero-order valence-corrected chi connectivity index (χ0v) is 12.2. The van der Waals surface area contributed by atoms with E-state index in [0.29, 0.717) is 21.4 Å². The number of benzene rings is 1. The van der Waals surface area contributed by atoms with Crippen molar-refractivity contribution in [3.8, 4) is 0 Å². The number of hydrogen-bond donors (Lipinski definition) is 1. The SMILES string of the molecule is Fc1ccc(Nc2cc(Cl)nc(C3CC3)n2)cc1Br. The summed E-state index contributed by atoms with van der Waals surface area (Å²) in [6, 6.07) is 6.34. The molecule has 1 fully saturated rings. The number of rotatable bonds is 3. The highest BCUT2D eigenvalue weighted by Gasteiger charge is 2.27. The quantitative estimate of drug-likeness (QED) is 0.825. The minimum Gasteiger partial charge on any atom is -0.340 e. The summed E-state index contributed by atoms with van der Waals surface area (Å²) >= 11 is 9.13. The summed E-state index contributed by atoms with van der Waals surface area (Å²) in [5, 5.41) is 3.52. The van der Waals surface area contributed by atoms with Gasteiger partial charge in [-0.25, -0.2) is 14.4 Å². The van der Waals surface area contributed by atoms with Crippen LogP contribution in [0.5, 0.6) is 0 Å². The Morgan fingerprint density at radius 1 is 1.26 bits per heavy atom. The Bertz CT molecular complexity index is 631. The molecule has 3 rings (SSSR count). The van der Waals surface area contributed by atoms with Crippen LogP contribution < -0.4 is 5.32 Å². The minimum atomic E-state index is -0.301. The number of anilines is 2. The van der Waals surface area contributed by atoms with Gasteiger partial charge in [0, 0.05) is 17.7 Å². The van der Waals surface area contributed by atoms with Gasteiger partial charge in [-0.15, -0.1) is 0 Å². The van der Waals surface area contributed by atoms with Crippen LogP contribution in [0.25, 0.3) is 0 Å². The Morgan fingerprint density at radius 2 is 2.05 bits per heavy atom. The molecule has 1 aliphatic rings.